The molecule has 1 saturated carbocycles. The van der Waals surface area contributed by atoms with E-state index in [4.69, 9.17) is 10.5 Å². The van der Waals surface area contributed by atoms with Crippen LogP contribution in [0.4, 0.5) is 37.8 Å². The number of anilines is 1. The number of alkyl halides is 6. The number of benzene rings is 2. The zero-order valence-electron chi connectivity index (χ0n) is 25.0. The first-order valence-electron chi connectivity index (χ1n) is 14.0. The number of aliphatic imine (C=N–C) groups is 1. The first-order chi connectivity index (χ1) is 21.6. The highest BCUT2D eigenvalue weighted by Crippen LogP contribution is 2.36. The van der Waals surface area contributed by atoms with Crippen LogP contribution in [-0.4, -0.2) is 46.9 Å². The van der Waals surface area contributed by atoms with Crippen molar-refractivity contribution in [1.82, 2.24) is 9.88 Å². The molecular weight excluding hydrogens is 616 g/mol. The number of esters is 1. The number of allylic oxidation sites excluding steroid dienone is 1. The van der Waals surface area contributed by atoms with Gasteiger partial charge in [0.25, 0.3) is 0 Å². The van der Waals surface area contributed by atoms with E-state index in [2.05, 4.69) is 15.3 Å². The monoisotopic (exact) mass is 649 g/mol. The number of pyridine rings is 1. The molecule has 246 valence electrons. The number of hydrogen-bond donors (Lipinski definition) is 2. The van der Waals surface area contributed by atoms with Crippen LogP contribution in [0, 0.1) is 11.8 Å². The Bertz CT molecular complexity index is 1480. The van der Waals surface area contributed by atoms with Crippen molar-refractivity contribution in [2.45, 2.75) is 45.3 Å². The fourth-order valence-electron chi connectivity index (χ4n) is 4.36. The summed E-state index contributed by atoms with van der Waals surface area (Å²) in [6, 6.07) is 20.4. The number of amides is 1. The maximum Gasteiger partial charge on any atom is 0.435 e. The highest BCUT2D eigenvalue weighted by atomic mass is 19.4. The van der Waals surface area contributed by atoms with Crippen LogP contribution in [0.25, 0.3) is 0 Å². The van der Waals surface area contributed by atoms with Gasteiger partial charge < -0.3 is 20.7 Å². The van der Waals surface area contributed by atoms with Gasteiger partial charge in [0.15, 0.2) is 11.5 Å². The molecule has 46 heavy (non-hydrogen) atoms. The van der Waals surface area contributed by atoms with Gasteiger partial charge in [-0.2, -0.15) is 26.3 Å². The zero-order chi connectivity index (χ0) is 33.9. The summed E-state index contributed by atoms with van der Waals surface area (Å²) in [5.41, 5.74) is 5.92. The van der Waals surface area contributed by atoms with Crippen LogP contribution < -0.4 is 11.1 Å². The van der Waals surface area contributed by atoms with Crippen molar-refractivity contribution >= 4 is 29.1 Å². The Morgan fingerprint density at radius 3 is 2.11 bits per heavy atom. The minimum atomic E-state index is -4.78. The first kappa shape index (κ1) is 35.6. The summed E-state index contributed by atoms with van der Waals surface area (Å²) in [4.78, 5) is 34.2. The van der Waals surface area contributed by atoms with Crippen molar-refractivity contribution in [2.75, 3.05) is 12.4 Å². The van der Waals surface area contributed by atoms with Gasteiger partial charge in [-0.25, -0.2) is 9.98 Å². The SMILES string of the molecule is CC(F)(F)F.CN(Cc1ccc(NC(=C/N)/C(=N/c2ccccn2)C(F)(F)F)cc1)C(=O)C1CC(C(=O)OCc2ccccc2)C1. The first-order valence-corrected chi connectivity index (χ1v) is 14.0. The smallest absolute Gasteiger partial charge is 0.435 e. The number of nitrogens with one attached hydrogen (secondary N) is 1. The number of aromatic nitrogens is 1. The van der Waals surface area contributed by atoms with E-state index in [-0.39, 0.29) is 43.1 Å². The lowest BCUT2D eigenvalue weighted by atomic mass is 9.74. The number of carbonyl (C=O) groups is 2. The van der Waals surface area contributed by atoms with Gasteiger partial charge in [-0.15, -0.1) is 0 Å². The van der Waals surface area contributed by atoms with Gasteiger partial charge >= 0.3 is 18.3 Å². The van der Waals surface area contributed by atoms with Crippen molar-refractivity contribution in [3.05, 3.63) is 102 Å². The Hall–Kier alpha value is -4.88. The van der Waals surface area contributed by atoms with Gasteiger partial charge in [0.2, 0.25) is 5.91 Å². The molecule has 0 radical (unpaired) electrons. The number of carbonyl (C=O) groups excluding carboxylic acids is 2. The highest BCUT2D eigenvalue weighted by Gasteiger charge is 2.41. The summed E-state index contributed by atoms with van der Waals surface area (Å²) in [7, 11) is 1.68. The largest absolute Gasteiger partial charge is 0.461 e. The minimum Gasteiger partial charge on any atom is -0.461 e. The average Bonchev–Trinajstić information content (AvgIpc) is 2.97. The summed E-state index contributed by atoms with van der Waals surface area (Å²) in [6.07, 6.45) is -5.75. The summed E-state index contributed by atoms with van der Waals surface area (Å²) < 4.78 is 77.7. The number of nitrogens with zero attached hydrogens (tertiary/aromatic N) is 3. The van der Waals surface area contributed by atoms with E-state index >= 15 is 0 Å². The molecule has 14 heteroatoms. The summed E-state index contributed by atoms with van der Waals surface area (Å²) in [5.74, 6) is -1.03. The average molecular weight is 650 g/mol. The van der Waals surface area contributed by atoms with Gasteiger partial charge in [-0.3, -0.25) is 9.59 Å². The Balaban J connectivity index is 0.00000107. The molecule has 0 spiro atoms. The lowest BCUT2D eigenvalue weighted by Crippen LogP contribution is -2.42. The molecule has 0 atom stereocenters. The molecule has 8 nitrogen and oxygen atoms in total. The molecule has 0 bridgehead atoms. The third kappa shape index (κ3) is 11.6. The van der Waals surface area contributed by atoms with Gasteiger partial charge in [-0.1, -0.05) is 48.5 Å². The third-order valence-electron chi connectivity index (χ3n) is 6.64. The van der Waals surface area contributed by atoms with E-state index in [0.717, 1.165) is 17.3 Å². The number of rotatable bonds is 10. The topological polar surface area (TPSA) is 110 Å². The maximum absolute atomic E-state index is 13.7. The van der Waals surface area contributed by atoms with Gasteiger partial charge in [0.1, 0.15) is 6.61 Å². The Kier molecular flexibility index (Phi) is 12.3. The molecular formula is C32H33F6N5O3. The van der Waals surface area contributed by atoms with Crippen molar-refractivity contribution < 1.29 is 40.7 Å². The molecule has 1 heterocycles. The molecule has 1 aliphatic rings. The molecule has 0 unspecified atom stereocenters. The standard InChI is InChI=1S/C30H30F3N5O3.C2H3F3/c1-38(28(39)22-15-23(16-22)29(40)41-19-21-7-3-2-4-8-21)18-20-10-12-24(13-11-20)36-25(17-34)27(30(31,32)33)37-26-9-5-6-14-35-26;1-2(3,4)5/h2-14,17,22-23,36H,15-16,18-19,34H2,1H3;1H3/b25-17+,37-27-;. The van der Waals surface area contributed by atoms with Crippen LogP contribution >= 0.6 is 0 Å². The van der Waals surface area contributed by atoms with E-state index in [1.54, 1.807) is 42.3 Å². The molecule has 2 aromatic carbocycles. The predicted molar refractivity (Wildman–Crippen MR) is 160 cm³/mol. The van der Waals surface area contributed by atoms with Crippen LogP contribution in [-0.2, 0) is 27.5 Å². The molecule has 1 fully saturated rings. The second-order valence-electron chi connectivity index (χ2n) is 10.5. The van der Waals surface area contributed by atoms with E-state index in [0.29, 0.717) is 25.1 Å². The maximum atomic E-state index is 13.7. The third-order valence-corrected chi connectivity index (χ3v) is 6.64. The Morgan fingerprint density at radius 2 is 1.57 bits per heavy atom. The van der Waals surface area contributed by atoms with Crippen molar-refractivity contribution in [3.63, 3.8) is 0 Å². The zero-order valence-corrected chi connectivity index (χ0v) is 25.0. The highest BCUT2D eigenvalue weighted by molar-refractivity contribution is 6.07. The number of hydrogen-bond acceptors (Lipinski definition) is 7. The molecule has 3 aromatic rings. The van der Waals surface area contributed by atoms with E-state index in [1.807, 2.05) is 30.3 Å². The van der Waals surface area contributed by atoms with Gasteiger partial charge in [-0.05, 0) is 48.2 Å². The quantitative estimate of drug-likeness (QED) is 0.140. The Labute approximate surface area is 262 Å². The van der Waals surface area contributed by atoms with Gasteiger partial charge in [0.05, 0.1) is 11.6 Å². The van der Waals surface area contributed by atoms with E-state index < -0.39 is 23.8 Å². The van der Waals surface area contributed by atoms with Gasteiger partial charge in [0, 0.05) is 44.5 Å². The fraction of sp³-hybridized carbons (Fsp3) is 0.312. The molecule has 1 aliphatic carbocycles. The second-order valence-corrected chi connectivity index (χ2v) is 10.5. The molecule has 1 aromatic heterocycles. The molecule has 4 rings (SSSR count). The number of ether oxygens (including phenoxy) is 1. The number of nitrogens with two attached hydrogens (primary N) is 1. The normalized spacial score (nSPS) is 16.8. The van der Waals surface area contributed by atoms with Crippen molar-refractivity contribution in [3.8, 4) is 0 Å². The van der Waals surface area contributed by atoms with Crippen LogP contribution in [0.15, 0.2) is 95.9 Å². The van der Waals surface area contributed by atoms with Crippen molar-refractivity contribution in [1.29, 1.82) is 0 Å². The van der Waals surface area contributed by atoms with Crippen LogP contribution in [0.2, 0.25) is 0 Å². The van der Waals surface area contributed by atoms with Crippen LogP contribution in [0.1, 0.15) is 30.9 Å². The molecule has 1 amide bonds. The molecule has 0 aliphatic heterocycles. The van der Waals surface area contributed by atoms with Crippen molar-refractivity contribution in [2.24, 2.45) is 22.6 Å². The second kappa shape index (κ2) is 15.9. The number of halogens is 6. The lowest BCUT2D eigenvalue weighted by Gasteiger charge is -2.35. The lowest BCUT2D eigenvalue weighted by molar-refractivity contribution is -0.157. The molecule has 0 saturated heterocycles. The van der Waals surface area contributed by atoms with Crippen LogP contribution in [0.3, 0.4) is 0 Å². The van der Waals surface area contributed by atoms with E-state index in [1.165, 1.54) is 18.3 Å². The minimum absolute atomic E-state index is 0.0757. The summed E-state index contributed by atoms with van der Waals surface area (Å²) in [5, 5.41) is 2.66. The summed E-state index contributed by atoms with van der Waals surface area (Å²) >= 11 is 0. The van der Waals surface area contributed by atoms with E-state index in [9.17, 15) is 35.9 Å². The van der Waals surface area contributed by atoms with Crippen LogP contribution in [0.5, 0.6) is 0 Å². The molecule has 3 N–H and O–H groups in total. The Morgan fingerprint density at radius 1 is 0.957 bits per heavy atom. The fourth-order valence-corrected chi connectivity index (χ4v) is 4.36. The predicted octanol–water partition coefficient (Wildman–Crippen LogP) is 6.93. The summed E-state index contributed by atoms with van der Waals surface area (Å²) in [6.45, 7) is 0.691.